The first kappa shape index (κ1) is 14.6. The number of ether oxygens (including phenoxy) is 1. The lowest BCUT2D eigenvalue weighted by Gasteiger charge is -2.21. The molecule has 0 unspecified atom stereocenters. The van der Waals surface area contributed by atoms with E-state index in [1.807, 2.05) is 0 Å². The summed E-state index contributed by atoms with van der Waals surface area (Å²) in [7, 11) is 0. The highest BCUT2D eigenvalue weighted by atomic mass is 16.5. The van der Waals surface area contributed by atoms with Crippen molar-refractivity contribution in [1.82, 2.24) is 10.5 Å². The summed E-state index contributed by atoms with van der Waals surface area (Å²) in [6, 6.07) is 8.20. The van der Waals surface area contributed by atoms with Crippen LogP contribution in [0.5, 0.6) is 5.75 Å². The van der Waals surface area contributed by atoms with Crippen LogP contribution in [0, 0.1) is 5.92 Å². The van der Waals surface area contributed by atoms with E-state index < -0.39 is 0 Å². The highest BCUT2D eigenvalue weighted by Crippen LogP contribution is 2.23. The lowest BCUT2D eigenvalue weighted by atomic mass is 10.0. The molecule has 0 bridgehead atoms. The minimum atomic E-state index is -0.248. The Morgan fingerprint density at radius 3 is 2.91 bits per heavy atom. The average molecular weight is 302 g/mol. The van der Waals surface area contributed by atoms with Crippen LogP contribution in [0.2, 0.25) is 0 Å². The summed E-state index contributed by atoms with van der Waals surface area (Å²) in [6.45, 7) is 2.13. The molecule has 2 N–H and O–H groups in total. The summed E-state index contributed by atoms with van der Waals surface area (Å²) in [5.74, 6) is 0.795. The fourth-order valence-corrected chi connectivity index (χ4v) is 2.46. The van der Waals surface area contributed by atoms with Gasteiger partial charge in [-0.25, -0.2) is 0 Å². The fourth-order valence-electron chi connectivity index (χ4n) is 2.46. The minimum absolute atomic E-state index is 0.138. The molecule has 1 saturated heterocycles. The van der Waals surface area contributed by atoms with Crippen molar-refractivity contribution in [2.24, 2.45) is 5.92 Å². The maximum atomic E-state index is 12.1. The molecule has 1 aromatic heterocycles. The van der Waals surface area contributed by atoms with E-state index in [0.29, 0.717) is 23.8 Å². The van der Waals surface area contributed by atoms with Crippen LogP contribution in [0.25, 0.3) is 11.3 Å². The van der Waals surface area contributed by atoms with E-state index in [9.17, 15) is 9.90 Å². The predicted octanol–water partition coefficient (Wildman–Crippen LogP) is 2.20. The number of carbonyl (C=O) groups is 1. The number of phenolic OH excluding ortho intramolecular Hbond substituents is 1. The van der Waals surface area contributed by atoms with E-state index in [-0.39, 0.29) is 17.4 Å². The summed E-state index contributed by atoms with van der Waals surface area (Å²) in [4.78, 5) is 12.1. The van der Waals surface area contributed by atoms with Crippen molar-refractivity contribution in [2.45, 2.75) is 12.8 Å². The third-order valence-corrected chi connectivity index (χ3v) is 3.77. The zero-order valence-electron chi connectivity index (χ0n) is 12.1. The number of amides is 1. The van der Waals surface area contributed by atoms with Crippen LogP contribution in [-0.2, 0) is 4.74 Å². The molecule has 0 radical (unpaired) electrons. The highest BCUT2D eigenvalue weighted by molar-refractivity contribution is 5.93. The molecule has 2 aromatic rings. The smallest absolute Gasteiger partial charge is 0.273 e. The van der Waals surface area contributed by atoms with Crippen LogP contribution in [-0.4, -0.2) is 35.9 Å². The molecule has 0 spiro atoms. The number of aromatic hydroxyl groups is 1. The molecule has 1 aliphatic rings. The Morgan fingerprint density at radius 2 is 2.14 bits per heavy atom. The maximum absolute atomic E-state index is 12.1. The van der Waals surface area contributed by atoms with Crippen molar-refractivity contribution in [1.29, 1.82) is 0 Å². The van der Waals surface area contributed by atoms with Gasteiger partial charge in [0.1, 0.15) is 5.75 Å². The van der Waals surface area contributed by atoms with E-state index in [1.54, 1.807) is 30.3 Å². The molecule has 116 valence electrons. The molecule has 3 rings (SSSR count). The van der Waals surface area contributed by atoms with E-state index in [0.717, 1.165) is 26.1 Å². The molecule has 1 aliphatic heterocycles. The predicted molar refractivity (Wildman–Crippen MR) is 79.5 cm³/mol. The van der Waals surface area contributed by atoms with Crippen LogP contribution in [0.1, 0.15) is 23.3 Å². The van der Waals surface area contributed by atoms with Crippen LogP contribution in [0.15, 0.2) is 34.9 Å². The Morgan fingerprint density at radius 1 is 1.32 bits per heavy atom. The monoisotopic (exact) mass is 302 g/mol. The van der Waals surface area contributed by atoms with Gasteiger partial charge in [0.25, 0.3) is 5.91 Å². The lowest BCUT2D eigenvalue weighted by molar-refractivity contribution is 0.0641. The van der Waals surface area contributed by atoms with Crippen molar-refractivity contribution in [2.75, 3.05) is 19.8 Å². The quantitative estimate of drug-likeness (QED) is 0.904. The lowest BCUT2D eigenvalue weighted by Crippen LogP contribution is -2.32. The number of nitrogens with zero attached hydrogens (tertiary/aromatic N) is 1. The largest absolute Gasteiger partial charge is 0.508 e. The number of rotatable bonds is 4. The van der Waals surface area contributed by atoms with Crippen LogP contribution < -0.4 is 5.32 Å². The first-order valence-corrected chi connectivity index (χ1v) is 7.34. The number of benzene rings is 1. The first-order chi connectivity index (χ1) is 10.7. The van der Waals surface area contributed by atoms with Gasteiger partial charge in [-0.2, -0.15) is 0 Å². The van der Waals surface area contributed by atoms with Crippen LogP contribution >= 0.6 is 0 Å². The van der Waals surface area contributed by atoms with Gasteiger partial charge >= 0.3 is 0 Å². The van der Waals surface area contributed by atoms with E-state index in [4.69, 9.17) is 9.26 Å². The summed E-state index contributed by atoms with van der Waals surface area (Å²) in [5.41, 5.74) is 0.918. The number of aromatic nitrogens is 1. The summed E-state index contributed by atoms with van der Waals surface area (Å²) >= 11 is 0. The molecule has 6 nitrogen and oxygen atoms in total. The zero-order valence-corrected chi connectivity index (χ0v) is 12.1. The first-order valence-electron chi connectivity index (χ1n) is 7.34. The number of hydrogen-bond donors (Lipinski definition) is 2. The third-order valence-electron chi connectivity index (χ3n) is 3.77. The van der Waals surface area contributed by atoms with E-state index >= 15 is 0 Å². The Bertz CT molecular complexity index is 647. The molecule has 22 heavy (non-hydrogen) atoms. The Labute approximate surface area is 128 Å². The van der Waals surface area contributed by atoms with Gasteiger partial charge in [-0.15, -0.1) is 0 Å². The molecule has 0 atom stereocenters. The van der Waals surface area contributed by atoms with Crippen LogP contribution in [0.3, 0.4) is 0 Å². The average Bonchev–Trinajstić information content (AvgIpc) is 3.04. The number of phenols is 1. The van der Waals surface area contributed by atoms with Crippen molar-refractivity contribution in [3.63, 3.8) is 0 Å². The number of hydrogen-bond acceptors (Lipinski definition) is 5. The van der Waals surface area contributed by atoms with Gasteiger partial charge in [-0.1, -0.05) is 17.3 Å². The second kappa shape index (κ2) is 6.62. The molecule has 6 heteroatoms. The van der Waals surface area contributed by atoms with Crippen LogP contribution in [0.4, 0.5) is 0 Å². The molecule has 0 saturated carbocycles. The Kier molecular flexibility index (Phi) is 4.39. The van der Waals surface area contributed by atoms with E-state index in [2.05, 4.69) is 10.5 Å². The Hall–Kier alpha value is -2.34. The van der Waals surface area contributed by atoms with Gasteiger partial charge in [0, 0.05) is 31.4 Å². The highest BCUT2D eigenvalue weighted by Gasteiger charge is 2.17. The molecule has 1 amide bonds. The number of nitrogens with one attached hydrogen (secondary N) is 1. The summed E-state index contributed by atoms with van der Waals surface area (Å²) in [6.07, 6.45) is 1.93. The molecule has 1 fully saturated rings. The van der Waals surface area contributed by atoms with Gasteiger partial charge < -0.3 is 19.7 Å². The fraction of sp³-hybridized carbons (Fsp3) is 0.375. The van der Waals surface area contributed by atoms with Crippen molar-refractivity contribution in [3.05, 3.63) is 36.0 Å². The van der Waals surface area contributed by atoms with Gasteiger partial charge in [0.05, 0.1) is 0 Å². The van der Waals surface area contributed by atoms with Crippen molar-refractivity contribution < 1.29 is 19.2 Å². The van der Waals surface area contributed by atoms with Gasteiger partial charge in [0.15, 0.2) is 11.5 Å². The molecular formula is C16H18N2O4. The summed E-state index contributed by atoms with van der Waals surface area (Å²) in [5, 5.41) is 16.1. The minimum Gasteiger partial charge on any atom is -0.508 e. The van der Waals surface area contributed by atoms with Gasteiger partial charge in [-0.3, -0.25) is 4.79 Å². The SMILES string of the molecule is O=C(NCC1CCOCC1)c1cc(-c2cccc(O)c2)on1. The summed E-state index contributed by atoms with van der Waals surface area (Å²) < 4.78 is 10.5. The standard InChI is InChI=1S/C16H18N2O4/c19-13-3-1-2-12(8-13)15-9-14(18-22-15)16(20)17-10-11-4-6-21-7-5-11/h1-3,8-9,11,19H,4-7,10H2,(H,17,20). The molecule has 2 heterocycles. The van der Waals surface area contributed by atoms with Gasteiger partial charge in [0.2, 0.25) is 0 Å². The maximum Gasteiger partial charge on any atom is 0.273 e. The normalized spacial score (nSPS) is 15.6. The molecule has 1 aromatic carbocycles. The topological polar surface area (TPSA) is 84.6 Å². The zero-order chi connectivity index (χ0) is 15.4. The second-order valence-corrected chi connectivity index (χ2v) is 5.39. The molecule has 0 aliphatic carbocycles. The second-order valence-electron chi connectivity index (χ2n) is 5.39. The third kappa shape index (κ3) is 3.46. The van der Waals surface area contributed by atoms with E-state index in [1.165, 1.54) is 0 Å². The number of carbonyl (C=O) groups excluding carboxylic acids is 1. The molecular weight excluding hydrogens is 284 g/mol. The van der Waals surface area contributed by atoms with Gasteiger partial charge in [-0.05, 0) is 30.9 Å². The van der Waals surface area contributed by atoms with Crippen molar-refractivity contribution in [3.8, 4) is 17.1 Å². The Balaban J connectivity index is 1.61. The van der Waals surface area contributed by atoms with Crippen molar-refractivity contribution >= 4 is 5.91 Å².